The van der Waals surface area contributed by atoms with Crippen molar-refractivity contribution in [1.29, 1.82) is 0 Å². The van der Waals surface area contributed by atoms with Crippen LogP contribution in [0, 0.1) is 0 Å². The van der Waals surface area contributed by atoms with Gasteiger partial charge < -0.3 is 10.1 Å². The van der Waals surface area contributed by atoms with Crippen LogP contribution in [-0.2, 0) is 9.84 Å². The number of nitrogens with one attached hydrogen (secondary N) is 1. The van der Waals surface area contributed by atoms with Gasteiger partial charge in [0.2, 0.25) is 9.84 Å². The molecule has 4 rings (SSSR count). The molecule has 0 aliphatic heterocycles. The van der Waals surface area contributed by atoms with Crippen molar-refractivity contribution >= 4 is 69.6 Å². The summed E-state index contributed by atoms with van der Waals surface area (Å²) in [6.45, 7) is 0. The fourth-order valence-electron chi connectivity index (χ4n) is 2.95. The molecule has 2 N–H and O–H groups in total. The molecule has 0 saturated carbocycles. The number of rotatable bonds is 2. The number of fused-ring (bicyclic) bond motifs is 2. The van der Waals surface area contributed by atoms with E-state index >= 15 is 0 Å². The molecule has 4 aromatic rings. The zero-order valence-electron chi connectivity index (χ0n) is 12.9. The van der Waals surface area contributed by atoms with Crippen LogP contribution in [0.15, 0.2) is 67.5 Å². The van der Waals surface area contributed by atoms with E-state index in [1.807, 2.05) is 0 Å². The van der Waals surface area contributed by atoms with Crippen LogP contribution in [0.2, 0.25) is 0 Å². The molecule has 0 amide bonds. The molecule has 26 heavy (non-hydrogen) atoms. The number of carbonyl (C=O) groups is 1. The van der Waals surface area contributed by atoms with Crippen molar-refractivity contribution < 1.29 is 18.3 Å². The summed E-state index contributed by atoms with van der Waals surface area (Å²) in [5.74, 6) is 0. The lowest BCUT2D eigenvalue weighted by Gasteiger charge is -2.02. The van der Waals surface area contributed by atoms with Gasteiger partial charge in [-0.25, -0.2) is 13.2 Å². The van der Waals surface area contributed by atoms with Crippen LogP contribution >= 0.6 is 31.9 Å². The number of aromatic nitrogens is 2. The molecule has 0 unspecified atom stereocenters. The standard InChI is InChI=1S/C17H10Br2N2O4S/c18-9-1-3-11-13(5-9)20-7-15(11)26(24,25)16-8-21(17(22)23)14-6-10(19)2-4-12(14)16/h1-8,20H,(H,22,23). The largest absolute Gasteiger partial charge is 0.464 e. The van der Waals surface area contributed by atoms with Gasteiger partial charge in [-0.15, -0.1) is 0 Å². The van der Waals surface area contributed by atoms with E-state index in [-0.39, 0.29) is 9.79 Å². The van der Waals surface area contributed by atoms with Crippen molar-refractivity contribution in [3.8, 4) is 0 Å². The molecule has 2 heterocycles. The molecule has 0 saturated heterocycles. The zero-order valence-corrected chi connectivity index (χ0v) is 16.9. The van der Waals surface area contributed by atoms with Crippen molar-refractivity contribution in [1.82, 2.24) is 9.55 Å². The van der Waals surface area contributed by atoms with Gasteiger partial charge in [0, 0.05) is 37.6 Å². The van der Waals surface area contributed by atoms with Gasteiger partial charge in [-0.1, -0.05) is 44.0 Å². The number of halogens is 2. The average molecular weight is 498 g/mol. The topological polar surface area (TPSA) is 92.2 Å². The average Bonchev–Trinajstić information content (AvgIpc) is 3.15. The van der Waals surface area contributed by atoms with Gasteiger partial charge >= 0.3 is 6.09 Å². The van der Waals surface area contributed by atoms with E-state index in [2.05, 4.69) is 36.8 Å². The van der Waals surface area contributed by atoms with Crippen LogP contribution in [0.5, 0.6) is 0 Å². The Morgan fingerprint density at radius 3 is 2.35 bits per heavy atom. The van der Waals surface area contributed by atoms with Crippen molar-refractivity contribution in [2.45, 2.75) is 9.79 Å². The first-order valence-electron chi connectivity index (χ1n) is 7.34. The Balaban J connectivity index is 2.03. The summed E-state index contributed by atoms with van der Waals surface area (Å²) in [6, 6.07) is 10.1. The van der Waals surface area contributed by atoms with E-state index in [0.29, 0.717) is 26.3 Å². The molecule has 0 atom stereocenters. The molecule has 0 radical (unpaired) electrons. The third-order valence-corrected chi connectivity index (χ3v) is 6.93. The highest BCUT2D eigenvalue weighted by Gasteiger charge is 2.27. The molecule has 9 heteroatoms. The van der Waals surface area contributed by atoms with E-state index in [4.69, 9.17) is 0 Å². The van der Waals surface area contributed by atoms with Gasteiger partial charge in [0.25, 0.3) is 0 Å². The van der Waals surface area contributed by atoms with Gasteiger partial charge in [0.05, 0.1) is 15.3 Å². The molecule has 132 valence electrons. The van der Waals surface area contributed by atoms with Crippen LogP contribution < -0.4 is 0 Å². The number of hydrogen-bond acceptors (Lipinski definition) is 3. The van der Waals surface area contributed by atoms with Gasteiger partial charge in [-0.3, -0.25) is 4.57 Å². The second-order valence-corrected chi connectivity index (χ2v) is 9.37. The number of hydrogen-bond donors (Lipinski definition) is 2. The molecule has 0 bridgehead atoms. The predicted molar refractivity (Wildman–Crippen MR) is 105 cm³/mol. The minimum Gasteiger partial charge on any atom is -0.464 e. The van der Waals surface area contributed by atoms with Crippen LogP contribution in [0.4, 0.5) is 4.79 Å². The molecule has 6 nitrogen and oxygen atoms in total. The SMILES string of the molecule is O=C(O)n1cc(S(=O)(=O)c2c[nH]c3cc(Br)ccc23)c2ccc(Br)cc21. The third kappa shape index (κ3) is 2.58. The highest BCUT2D eigenvalue weighted by atomic mass is 79.9. The van der Waals surface area contributed by atoms with Gasteiger partial charge in [0.15, 0.2) is 0 Å². The van der Waals surface area contributed by atoms with Crippen molar-refractivity contribution in [2.75, 3.05) is 0 Å². The number of carboxylic acid groups (broad SMARTS) is 1. The summed E-state index contributed by atoms with van der Waals surface area (Å²) in [5, 5.41) is 10.3. The fraction of sp³-hybridized carbons (Fsp3) is 0. The second-order valence-electron chi connectivity index (χ2n) is 5.65. The molecule has 0 fully saturated rings. The first-order chi connectivity index (χ1) is 12.3. The molecule has 2 aromatic heterocycles. The number of nitrogens with zero attached hydrogens (tertiary/aromatic N) is 1. The van der Waals surface area contributed by atoms with Gasteiger partial charge in [-0.05, 0) is 24.3 Å². The fourth-order valence-corrected chi connectivity index (χ4v) is 5.29. The summed E-state index contributed by atoms with van der Waals surface area (Å²) in [5.41, 5.74) is 0.968. The third-order valence-electron chi connectivity index (χ3n) is 4.12. The Hall–Kier alpha value is -2.10. The van der Waals surface area contributed by atoms with Crippen LogP contribution in [0.1, 0.15) is 0 Å². The summed E-state index contributed by atoms with van der Waals surface area (Å²) in [6.07, 6.45) is 1.32. The smallest absolute Gasteiger partial charge is 0.416 e. The first-order valence-corrected chi connectivity index (χ1v) is 10.4. The lowest BCUT2D eigenvalue weighted by atomic mass is 10.2. The van der Waals surface area contributed by atoms with E-state index < -0.39 is 15.9 Å². The Kier molecular flexibility index (Phi) is 3.98. The zero-order chi connectivity index (χ0) is 18.6. The van der Waals surface area contributed by atoms with Crippen molar-refractivity contribution in [2.24, 2.45) is 0 Å². The number of H-pyrrole nitrogens is 1. The molecule has 0 aliphatic carbocycles. The molecular weight excluding hydrogens is 488 g/mol. The van der Waals surface area contributed by atoms with Gasteiger partial charge in [-0.2, -0.15) is 0 Å². The Labute approximate surface area is 164 Å². The summed E-state index contributed by atoms with van der Waals surface area (Å²) in [4.78, 5) is 14.6. The monoisotopic (exact) mass is 496 g/mol. The first kappa shape index (κ1) is 17.3. The highest BCUT2D eigenvalue weighted by Crippen LogP contribution is 2.35. The summed E-state index contributed by atoms with van der Waals surface area (Å²) < 4.78 is 29.0. The number of benzene rings is 2. The highest BCUT2D eigenvalue weighted by molar-refractivity contribution is 9.10. The molecule has 0 aliphatic rings. The second kappa shape index (κ2) is 5.97. The number of aromatic amines is 1. The van der Waals surface area contributed by atoms with E-state index in [9.17, 15) is 18.3 Å². The lowest BCUT2D eigenvalue weighted by Crippen LogP contribution is -2.06. The lowest BCUT2D eigenvalue weighted by molar-refractivity contribution is 0.197. The molecular formula is C17H10Br2N2O4S. The maximum absolute atomic E-state index is 13.3. The van der Waals surface area contributed by atoms with Gasteiger partial charge in [0.1, 0.15) is 0 Å². The van der Waals surface area contributed by atoms with Crippen LogP contribution in [-0.4, -0.2) is 29.2 Å². The van der Waals surface area contributed by atoms with Crippen molar-refractivity contribution in [3.63, 3.8) is 0 Å². The Morgan fingerprint density at radius 2 is 1.65 bits per heavy atom. The van der Waals surface area contributed by atoms with E-state index in [0.717, 1.165) is 15.2 Å². The summed E-state index contributed by atoms with van der Waals surface area (Å²) >= 11 is 6.64. The maximum Gasteiger partial charge on any atom is 0.416 e. The predicted octanol–water partition coefficient (Wildman–Crippen LogP) is 5.01. The van der Waals surface area contributed by atoms with Crippen LogP contribution in [0.25, 0.3) is 21.8 Å². The Bertz CT molecular complexity index is 1310. The van der Waals surface area contributed by atoms with E-state index in [1.54, 1.807) is 36.4 Å². The molecule has 0 spiro atoms. The summed E-state index contributed by atoms with van der Waals surface area (Å²) in [7, 11) is -3.93. The van der Waals surface area contributed by atoms with Crippen LogP contribution in [0.3, 0.4) is 0 Å². The van der Waals surface area contributed by atoms with Crippen molar-refractivity contribution in [3.05, 3.63) is 57.7 Å². The normalized spacial score (nSPS) is 12.1. The minimum atomic E-state index is -3.93. The Morgan fingerprint density at radius 1 is 1.00 bits per heavy atom. The molecule has 2 aromatic carbocycles. The van der Waals surface area contributed by atoms with E-state index in [1.165, 1.54) is 6.20 Å². The number of sulfone groups is 1. The maximum atomic E-state index is 13.3. The quantitative estimate of drug-likeness (QED) is 0.407. The minimum absolute atomic E-state index is 0.0498.